The molecule has 0 aromatic carbocycles. The Hall–Kier alpha value is -0.330. The van der Waals surface area contributed by atoms with Gasteiger partial charge in [0.15, 0.2) is 0 Å². The Balaban J connectivity index is 1.72. The van der Waals surface area contributed by atoms with Crippen molar-refractivity contribution < 1.29 is 17.9 Å². The molecular weight excluding hydrogens is 329 g/mol. The van der Waals surface area contributed by atoms with Crippen molar-refractivity contribution in [2.75, 3.05) is 33.3 Å². The molecule has 0 N–H and O–H groups in total. The Kier molecular flexibility index (Phi) is 8.02. The maximum absolute atomic E-state index is 13.4. The van der Waals surface area contributed by atoms with E-state index >= 15 is 0 Å². The van der Waals surface area contributed by atoms with Gasteiger partial charge < -0.3 is 4.74 Å². The summed E-state index contributed by atoms with van der Waals surface area (Å²) in [5, 5.41) is 0. The Morgan fingerprint density at radius 1 is 1.04 bits per heavy atom. The van der Waals surface area contributed by atoms with Gasteiger partial charge in [0.2, 0.25) is 0 Å². The number of nitrogens with zero attached hydrogens (tertiary/aromatic N) is 2. The summed E-state index contributed by atoms with van der Waals surface area (Å²) in [7, 11) is 1.78. The minimum atomic E-state index is -4.13. The SMILES string of the molecule is COC1CCC(CCCCN2CCN(C(C)C)C[C@H]2C(F)(F)F)CC1. The number of unbranched alkanes of at least 4 members (excludes halogenated alkanes) is 1. The summed E-state index contributed by atoms with van der Waals surface area (Å²) < 4.78 is 45.7. The highest BCUT2D eigenvalue weighted by molar-refractivity contribution is 4.88. The second-order valence-electron chi connectivity index (χ2n) is 8.06. The second kappa shape index (κ2) is 9.56. The molecule has 1 atom stereocenters. The van der Waals surface area contributed by atoms with E-state index in [1.165, 1.54) is 12.8 Å². The van der Waals surface area contributed by atoms with Crippen molar-refractivity contribution in [3.63, 3.8) is 0 Å². The summed E-state index contributed by atoms with van der Waals surface area (Å²) in [6, 6.07) is -1.13. The summed E-state index contributed by atoms with van der Waals surface area (Å²) in [4.78, 5) is 3.61. The lowest BCUT2D eigenvalue weighted by atomic mass is 9.84. The van der Waals surface area contributed by atoms with E-state index in [0.29, 0.717) is 19.2 Å². The van der Waals surface area contributed by atoms with Crippen LogP contribution in [0, 0.1) is 5.92 Å². The highest BCUT2D eigenvalue weighted by Crippen LogP contribution is 2.31. The van der Waals surface area contributed by atoms with Crippen LogP contribution in [0.2, 0.25) is 0 Å². The number of hydrogen-bond donors (Lipinski definition) is 0. The molecule has 2 fully saturated rings. The van der Waals surface area contributed by atoms with Crippen molar-refractivity contribution in [1.82, 2.24) is 9.80 Å². The molecule has 148 valence electrons. The highest BCUT2D eigenvalue weighted by Gasteiger charge is 2.46. The van der Waals surface area contributed by atoms with Crippen molar-refractivity contribution in [2.45, 2.75) is 83.2 Å². The minimum Gasteiger partial charge on any atom is -0.381 e. The number of hydrogen-bond acceptors (Lipinski definition) is 3. The van der Waals surface area contributed by atoms with Gasteiger partial charge in [-0.25, -0.2) is 0 Å². The van der Waals surface area contributed by atoms with Crippen LogP contribution in [-0.4, -0.2) is 67.5 Å². The quantitative estimate of drug-likeness (QED) is 0.626. The van der Waals surface area contributed by atoms with Gasteiger partial charge in [0.1, 0.15) is 6.04 Å². The van der Waals surface area contributed by atoms with E-state index in [9.17, 15) is 13.2 Å². The molecule has 0 aromatic heterocycles. The third-order valence-electron chi connectivity index (χ3n) is 6.07. The van der Waals surface area contributed by atoms with Crippen molar-refractivity contribution in [2.24, 2.45) is 5.92 Å². The first-order valence-electron chi connectivity index (χ1n) is 9.89. The van der Waals surface area contributed by atoms with Crippen LogP contribution in [0.25, 0.3) is 0 Å². The molecule has 2 rings (SSSR count). The summed E-state index contributed by atoms with van der Waals surface area (Å²) in [5.41, 5.74) is 0. The van der Waals surface area contributed by atoms with Crippen LogP contribution in [-0.2, 0) is 4.74 Å². The fourth-order valence-electron chi connectivity index (χ4n) is 4.29. The van der Waals surface area contributed by atoms with Gasteiger partial charge >= 0.3 is 6.18 Å². The fourth-order valence-corrected chi connectivity index (χ4v) is 4.29. The third-order valence-corrected chi connectivity index (χ3v) is 6.07. The first kappa shape index (κ1) is 21.0. The molecule has 0 bridgehead atoms. The number of ether oxygens (including phenoxy) is 1. The van der Waals surface area contributed by atoms with Gasteiger partial charge in [-0.3, -0.25) is 9.80 Å². The van der Waals surface area contributed by atoms with Crippen LogP contribution in [0.15, 0.2) is 0 Å². The topological polar surface area (TPSA) is 15.7 Å². The average Bonchev–Trinajstić information content (AvgIpc) is 2.58. The lowest BCUT2D eigenvalue weighted by molar-refractivity contribution is -0.198. The van der Waals surface area contributed by atoms with Gasteiger partial charge in [0.05, 0.1) is 6.10 Å². The molecule has 1 heterocycles. The van der Waals surface area contributed by atoms with Crippen molar-refractivity contribution in [3.8, 4) is 0 Å². The largest absolute Gasteiger partial charge is 0.405 e. The molecule has 2 aliphatic rings. The molecule has 1 saturated carbocycles. The van der Waals surface area contributed by atoms with Crippen LogP contribution in [0.3, 0.4) is 0 Å². The summed E-state index contributed by atoms with van der Waals surface area (Å²) in [6.07, 6.45) is 4.03. The van der Waals surface area contributed by atoms with Crippen LogP contribution in [0.1, 0.15) is 58.8 Å². The zero-order valence-electron chi connectivity index (χ0n) is 16.0. The molecule has 3 nitrogen and oxygen atoms in total. The molecule has 25 heavy (non-hydrogen) atoms. The lowest BCUT2D eigenvalue weighted by Gasteiger charge is -2.43. The Morgan fingerprint density at radius 2 is 1.72 bits per heavy atom. The zero-order chi connectivity index (χ0) is 18.4. The van der Waals surface area contributed by atoms with Gasteiger partial charge in [-0.15, -0.1) is 0 Å². The molecule has 0 spiro atoms. The minimum absolute atomic E-state index is 0.113. The highest BCUT2D eigenvalue weighted by atomic mass is 19.4. The van der Waals surface area contributed by atoms with Crippen LogP contribution in [0.5, 0.6) is 0 Å². The Morgan fingerprint density at radius 3 is 2.28 bits per heavy atom. The number of halogens is 3. The number of rotatable bonds is 7. The van der Waals surface area contributed by atoms with Crippen LogP contribution >= 0.6 is 0 Å². The predicted octanol–water partition coefficient (Wildman–Crippen LogP) is 4.32. The summed E-state index contributed by atoms with van der Waals surface area (Å²) in [6.45, 7) is 5.90. The standard InChI is InChI=1S/C19H35F3N2O/c1-15(2)24-13-12-23(18(14-24)19(20,21)22)11-5-4-6-16-7-9-17(25-3)10-8-16/h15-18H,4-14H2,1-3H3/t16?,17?,18-/m0/s1. The first-order valence-corrected chi connectivity index (χ1v) is 9.89. The molecule has 1 aliphatic heterocycles. The number of alkyl halides is 3. The first-order chi connectivity index (χ1) is 11.8. The van der Waals surface area contributed by atoms with E-state index in [1.807, 2.05) is 18.7 Å². The number of piperazine rings is 1. The van der Waals surface area contributed by atoms with E-state index in [0.717, 1.165) is 44.6 Å². The van der Waals surface area contributed by atoms with Gasteiger partial charge in [0, 0.05) is 32.8 Å². The Labute approximate surface area is 150 Å². The van der Waals surface area contributed by atoms with Crippen molar-refractivity contribution in [1.29, 1.82) is 0 Å². The van der Waals surface area contributed by atoms with Crippen LogP contribution in [0.4, 0.5) is 13.2 Å². The molecule has 0 aromatic rings. The molecule has 6 heteroatoms. The smallest absolute Gasteiger partial charge is 0.381 e. The molecule has 0 radical (unpaired) electrons. The van der Waals surface area contributed by atoms with E-state index < -0.39 is 12.2 Å². The van der Waals surface area contributed by atoms with Crippen molar-refractivity contribution in [3.05, 3.63) is 0 Å². The molecule has 1 saturated heterocycles. The Bertz CT molecular complexity index is 381. The summed E-state index contributed by atoms with van der Waals surface area (Å²) >= 11 is 0. The monoisotopic (exact) mass is 364 g/mol. The third kappa shape index (κ3) is 6.40. The normalized spacial score (nSPS) is 30.1. The zero-order valence-corrected chi connectivity index (χ0v) is 16.0. The van der Waals surface area contributed by atoms with E-state index in [4.69, 9.17) is 4.74 Å². The summed E-state index contributed by atoms with van der Waals surface area (Å²) in [5.74, 6) is 0.739. The fraction of sp³-hybridized carbons (Fsp3) is 1.00. The van der Waals surface area contributed by atoms with E-state index in [-0.39, 0.29) is 12.6 Å². The predicted molar refractivity (Wildman–Crippen MR) is 94.7 cm³/mol. The van der Waals surface area contributed by atoms with Gasteiger partial charge in [-0.2, -0.15) is 13.2 Å². The molecular formula is C19H35F3N2O. The number of methoxy groups -OCH3 is 1. The maximum atomic E-state index is 13.4. The van der Waals surface area contributed by atoms with Gasteiger partial charge in [0.25, 0.3) is 0 Å². The van der Waals surface area contributed by atoms with E-state index in [1.54, 1.807) is 12.0 Å². The van der Waals surface area contributed by atoms with Crippen molar-refractivity contribution >= 4 is 0 Å². The van der Waals surface area contributed by atoms with E-state index in [2.05, 4.69) is 0 Å². The average molecular weight is 364 g/mol. The molecule has 1 aliphatic carbocycles. The van der Waals surface area contributed by atoms with Gasteiger partial charge in [-0.05, 0) is 58.4 Å². The lowest BCUT2D eigenvalue weighted by Crippen LogP contribution is -2.60. The maximum Gasteiger partial charge on any atom is 0.405 e. The second-order valence-corrected chi connectivity index (χ2v) is 8.06. The van der Waals surface area contributed by atoms with Crippen LogP contribution < -0.4 is 0 Å². The molecule has 0 unspecified atom stereocenters. The molecule has 0 amide bonds. The van der Waals surface area contributed by atoms with Gasteiger partial charge in [-0.1, -0.05) is 12.8 Å².